The molecule has 0 aliphatic heterocycles. The summed E-state index contributed by atoms with van der Waals surface area (Å²) < 4.78 is 0.899. The van der Waals surface area contributed by atoms with Gasteiger partial charge in [0.1, 0.15) is 0 Å². The number of aryl methyl sites for hydroxylation is 1. The number of anilines is 2. The van der Waals surface area contributed by atoms with Crippen LogP contribution in [0.4, 0.5) is 10.8 Å². The molecule has 0 bridgehead atoms. The Labute approximate surface area is 137 Å². The normalized spacial score (nSPS) is 10.5. The molecule has 5 nitrogen and oxygen atoms in total. The first-order chi connectivity index (χ1) is 11.0. The molecular weight excluding hydrogens is 310 g/mol. The van der Waals surface area contributed by atoms with Crippen molar-refractivity contribution in [3.63, 3.8) is 0 Å². The molecule has 1 aromatic heterocycles. The van der Waals surface area contributed by atoms with Gasteiger partial charge in [-0.15, -0.1) is 0 Å². The van der Waals surface area contributed by atoms with Gasteiger partial charge in [0, 0.05) is 18.2 Å². The van der Waals surface area contributed by atoms with Crippen LogP contribution in [-0.2, 0) is 4.79 Å². The zero-order valence-electron chi connectivity index (χ0n) is 12.7. The smallest absolute Gasteiger partial charge is 0.255 e. The Morgan fingerprint density at radius 3 is 2.48 bits per heavy atom. The third kappa shape index (κ3) is 3.54. The number of hydrogen-bond donors (Lipinski definition) is 2. The second-order valence-electron chi connectivity index (χ2n) is 5.20. The van der Waals surface area contributed by atoms with Crippen molar-refractivity contribution in [1.82, 2.24) is 4.98 Å². The predicted octanol–water partition coefficient (Wildman–Crippen LogP) is 3.82. The highest BCUT2D eigenvalue weighted by Gasteiger charge is 2.09. The third-order valence-corrected chi connectivity index (χ3v) is 4.18. The summed E-state index contributed by atoms with van der Waals surface area (Å²) in [5, 5.41) is 6.09. The van der Waals surface area contributed by atoms with E-state index < -0.39 is 0 Å². The average molecular weight is 325 g/mol. The molecule has 3 aromatic rings. The summed E-state index contributed by atoms with van der Waals surface area (Å²) >= 11 is 1.37. The Morgan fingerprint density at radius 1 is 1.04 bits per heavy atom. The summed E-state index contributed by atoms with van der Waals surface area (Å²) in [5.41, 5.74) is 3.20. The minimum Gasteiger partial charge on any atom is -0.322 e. The van der Waals surface area contributed by atoms with Crippen LogP contribution >= 0.6 is 11.3 Å². The fraction of sp³-hybridized carbons (Fsp3) is 0.118. The van der Waals surface area contributed by atoms with Gasteiger partial charge in [-0.05, 0) is 37.3 Å². The maximum absolute atomic E-state index is 12.2. The van der Waals surface area contributed by atoms with Crippen molar-refractivity contribution >= 4 is 44.2 Å². The molecular formula is C17H15N3O2S. The Kier molecular flexibility index (Phi) is 4.08. The molecule has 2 aromatic carbocycles. The summed E-state index contributed by atoms with van der Waals surface area (Å²) in [6, 6.07) is 12.9. The van der Waals surface area contributed by atoms with E-state index in [0.29, 0.717) is 16.4 Å². The molecule has 0 atom stereocenters. The highest BCUT2D eigenvalue weighted by molar-refractivity contribution is 7.22. The van der Waals surface area contributed by atoms with E-state index >= 15 is 0 Å². The SMILES string of the molecule is CC(=O)Nc1nc2ccc(NC(=O)c3ccc(C)cc3)cc2s1. The minimum atomic E-state index is -0.157. The van der Waals surface area contributed by atoms with E-state index in [1.54, 1.807) is 18.2 Å². The number of carbonyl (C=O) groups excluding carboxylic acids is 2. The summed E-state index contributed by atoms with van der Waals surface area (Å²) in [7, 11) is 0. The number of fused-ring (bicyclic) bond motifs is 1. The quantitative estimate of drug-likeness (QED) is 0.769. The van der Waals surface area contributed by atoms with Crippen molar-refractivity contribution < 1.29 is 9.59 Å². The van der Waals surface area contributed by atoms with Crippen LogP contribution in [0.3, 0.4) is 0 Å². The van der Waals surface area contributed by atoms with E-state index in [-0.39, 0.29) is 11.8 Å². The van der Waals surface area contributed by atoms with Gasteiger partial charge in [0.2, 0.25) is 5.91 Å². The third-order valence-electron chi connectivity index (χ3n) is 3.24. The average Bonchev–Trinajstić information content (AvgIpc) is 2.88. The van der Waals surface area contributed by atoms with Crippen molar-refractivity contribution in [2.75, 3.05) is 10.6 Å². The van der Waals surface area contributed by atoms with Crippen LogP contribution in [-0.4, -0.2) is 16.8 Å². The van der Waals surface area contributed by atoms with E-state index in [1.165, 1.54) is 18.3 Å². The van der Waals surface area contributed by atoms with Gasteiger partial charge in [-0.2, -0.15) is 0 Å². The zero-order chi connectivity index (χ0) is 16.4. The molecule has 23 heavy (non-hydrogen) atoms. The molecule has 0 saturated carbocycles. The van der Waals surface area contributed by atoms with Crippen molar-refractivity contribution in [1.29, 1.82) is 0 Å². The second-order valence-corrected chi connectivity index (χ2v) is 6.23. The molecule has 2 N–H and O–H groups in total. The minimum absolute atomic E-state index is 0.156. The van der Waals surface area contributed by atoms with Gasteiger partial charge in [0.15, 0.2) is 5.13 Å². The van der Waals surface area contributed by atoms with Crippen LogP contribution in [0.1, 0.15) is 22.8 Å². The van der Waals surface area contributed by atoms with E-state index in [9.17, 15) is 9.59 Å². The van der Waals surface area contributed by atoms with Crippen LogP contribution < -0.4 is 10.6 Å². The zero-order valence-corrected chi connectivity index (χ0v) is 13.5. The van der Waals surface area contributed by atoms with Gasteiger partial charge in [-0.25, -0.2) is 4.98 Å². The first-order valence-electron chi connectivity index (χ1n) is 7.07. The lowest BCUT2D eigenvalue weighted by Gasteiger charge is -2.05. The number of rotatable bonds is 3. The first-order valence-corrected chi connectivity index (χ1v) is 7.89. The molecule has 1 heterocycles. The standard InChI is InChI=1S/C17H15N3O2S/c1-10-3-5-12(6-4-10)16(22)19-13-7-8-14-15(9-13)23-17(20-14)18-11(2)21/h3-9H,1-2H3,(H,19,22)(H,18,20,21). The topological polar surface area (TPSA) is 71.1 Å². The molecule has 116 valence electrons. The Bertz CT molecular complexity index is 884. The number of nitrogens with zero attached hydrogens (tertiary/aromatic N) is 1. The lowest BCUT2D eigenvalue weighted by molar-refractivity contribution is -0.114. The molecule has 0 spiro atoms. The molecule has 2 amide bonds. The number of thiazole rings is 1. The van der Waals surface area contributed by atoms with Gasteiger partial charge in [0.05, 0.1) is 10.2 Å². The van der Waals surface area contributed by atoms with Gasteiger partial charge >= 0.3 is 0 Å². The van der Waals surface area contributed by atoms with Crippen LogP contribution in [0.15, 0.2) is 42.5 Å². The molecule has 3 rings (SSSR count). The Morgan fingerprint density at radius 2 is 1.78 bits per heavy atom. The van der Waals surface area contributed by atoms with Gasteiger partial charge < -0.3 is 10.6 Å². The number of aromatic nitrogens is 1. The lowest BCUT2D eigenvalue weighted by Crippen LogP contribution is -2.11. The fourth-order valence-electron chi connectivity index (χ4n) is 2.11. The van der Waals surface area contributed by atoms with Gasteiger partial charge in [-0.3, -0.25) is 9.59 Å². The molecule has 0 aliphatic rings. The number of nitrogens with one attached hydrogen (secondary N) is 2. The number of hydrogen-bond acceptors (Lipinski definition) is 4. The van der Waals surface area contributed by atoms with Crippen molar-refractivity contribution in [3.05, 3.63) is 53.6 Å². The van der Waals surface area contributed by atoms with Crippen LogP contribution in [0.2, 0.25) is 0 Å². The summed E-state index contributed by atoms with van der Waals surface area (Å²) in [4.78, 5) is 27.6. The summed E-state index contributed by atoms with van der Waals surface area (Å²) in [5.74, 6) is -0.312. The number of amides is 2. The molecule has 0 radical (unpaired) electrons. The van der Waals surface area contributed by atoms with E-state index in [0.717, 1.165) is 15.8 Å². The first kappa shape index (κ1) is 15.2. The monoisotopic (exact) mass is 325 g/mol. The fourth-order valence-corrected chi connectivity index (χ4v) is 3.07. The molecule has 0 saturated heterocycles. The van der Waals surface area contributed by atoms with Crippen molar-refractivity contribution in [2.24, 2.45) is 0 Å². The number of benzene rings is 2. The molecule has 0 fully saturated rings. The van der Waals surface area contributed by atoms with Crippen molar-refractivity contribution in [2.45, 2.75) is 13.8 Å². The highest BCUT2D eigenvalue weighted by atomic mass is 32.1. The van der Waals surface area contributed by atoms with Crippen LogP contribution in [0.25, 0.3) is 10.2 Å². The lowest BCUT2D eigenvalue weighted by atomic mass is 10.1. The summed E-state index contributed by atoms with van der Waals surface area (Å²) in [6.45, 7) is 3.42. The van der Waals surface area contributed by atoms with E-state index in [2.05, 4.69) is 15.6 Å². The predicted molar refractivity (Wildman–Crippen MR) is 93.1 cm³/mol. The van der Waals surface area contributed by atoms with Gasteiger partial charge in [0.25, 0.3) is 5.91 Å². The van der Waals surface area contributed by atoms with E-state index in [1.807, 2.05) is 31.2 Å². The van der Waals surface area contributed by atoms with Gasteiger partial charge in [-0.1, -0.05) is 29.0 Å². The molecule has 6 heteroatoms. The number of carbonyl (C=O) groups is 2. The maximum Gasteiger partial charge on any atom is 0.255 e. The maximum atomic E-state index is 12.2. The largest absolute Gasteiger partial charge is 0.322 e. The van der Waals surface area contributed by atoms with E-state index in [4.69, 9.17) is 0 Å². The Hall–Kier alpha value is -2.73. The molecule has 0 aliphatic carbocycles. The summed E-state index contributed by atoms with van der Waals surface area (Å²) in [6.07, 6.45) is 0. The van der Waals surface area contributed by atoms with Crippen molar-refractivity contribution in [3.8, 4) is 0 Å². The second kappa shape index (κ2) is 6.18. The van der Waals surface area contributed by atoms with Crippen LogP contribution in [0, 0.1) is 6.92 Å². The molecule has 0 unspecified atom stereocenters. The van der Waals surface area contributed by atoms with Crippen LogP contribution in [0.5, 0.6) is 0 Å². The Balaban J connectivity index is 1.81. The highest BCUT2D eigenvalue weighted by Crippen LogP contribution is 2.28.